The summed E-state index contributed by atoms with van der Waals surface area (Å²) >= 11 is 0. The van der Waals surface area contributed by atoms with Gasteiger partial charge in [0.15, 0.2) is 6.29 Å². The minimum Gasteiger partial charge on any atom is -0.392 e. The van der Waals surface area contributed by atoms with Crippen molar-refractivity contribution in [1.82, 2.24) is 0 Å². The largest absolute Gasteiger partial charge is 0.392 e. The van der Waals surface area contributed by atoms with Crippen LogP contribution in [0.5, 0.6) is 0 Å². The van der Waals surface area contributed by atoms with Crippen LogP contribution in [0, 0.1) is 17.2 Å². The smallest absolute Gasteiger partial charge is 0.161 e. The Morgan fingerprint density at radius 3 is 2.95 bits per heavy atom. The van der Waals surface area contributed by atoms with Gasteiger partial charge in [0.1, 0.15) is 6.10 Å². The van der Waals surface area contributed by atoms with Gasteiger partial charge in [-0.1, -0.05) is 31.9 Å². The average Bonchev–Trinajstić information content (AvgIpc) is 2.72. The first-order valence-corrected chi connectivity index (χ1v) is 7.28. The van der Waals surface area contributed by atoms with Gasteiger partial charge in [-0.15, -0.1) is 0 Å². The fourth-order valence-electron chi connectivity index (χ4n) is 2.84. The Kier molecular flexibility index (Phi) is 5.38. The van der Waals surface area contributed by atoms with Crippen molar-refractivity contribution in [2.75, 3.05) is 0 Å². The number of rotatable bonds is 6. The van der Waals surface area contributed by atoms with Crippen molar-refractivity contribution in [2.24, 2.45) is 5.92 Å². The lowest BCUT2D eigenvalue weighted by molar-refractivity contribution is -0.141. The van der Waals surface area contributed by atoms with Crippen LogP contribution in [0.15, 0.2) is 12.2 Å². The van der Waals surface area contributed by atoms with E-state index in [1.165, 1.54) is 19.3 Å². The van der Waals surface area contributed by atoms with E-state index in [0.717, 1.165) is 6.42 Å². The highest BCUT2D eigenvalue weighted by Gasteiger charge is 2.47. The summed E-state index contributed by atoms with van der Waals surface area (Å²) in [5.74, 6) is -0.131. The summed E-state index contributed by atoms with van der Waals surface area (Å²) in [7, 11) is 0. The lowest BCUT2D eigenvalue weighted by atomic mass is 9.87. The minimum absolute atomic E-state index is 0.109. The third-order valence-electron chi connectivity index (χ3n) is 3.92. The second kappa shape index (κ2) is 7.04. The molecule has 2 aliphatic heterocycles. The topological polar surface area (TPSA) is 62.5 Å². The van der Waals surface area contributed by atoms with Crippen molar-refractivity contribution in [1.29, 1.82) is 5.26 Å². The molecule has 2 fully saturated rings. The molecule has 19 heavy (non-hydrogen) atoms. The summed E-state index contributed by atoms with van der Waals surface area (Å²) in [5.41, 5.74) is 0. The normalized spacial score (nSPS) is 37.6. The van der Waals surface area contributed by atoms with Gasteiger partial charge in [-0.25, -0.2) is 0 Å². The second-order valence-electron chi connectivity index (χ2n) is 5.38. The van der Waals surface area contributed by atoms with E-state index in [0.29, 0.717) is 12.8 Å². The molecule has 2 rings (SSSR count). The van der Waals surface area contributed by atoms with E-state index < -0.39 is 6.10 Å². The number of nitrogens with zero attached hydrogens (tertiary/aromatic N) is 1. The van der Waals surface area contributed by atoms with Gasteiger partial charge in [-0.05, 0) is 12.8 Å². The highest BCUT2D eigenvalue weighted by molar-refractivity contribution is 5.04. The van der Waals surface area contributed by atoms with Crippen LogP contribution in [0.2, 0.25) is 0 Å². The standard InChI is InChI=1S/C15H23NO3/c1-2-3-4-5-6-7-13-15-11(8-9-16)12(17)10-14(18-13)19-15/h6-7,11-15,17H,2-5,8,10H2,1H3/b7-6+/t11-,12+,13-,14+,15-/m0/s1. The molecule has 0 unspecified atom stereocenters. The van der Waals surface area contributed by atoms with Crippen LogP contribution in [0.1, 0.15) is 45.4 Å². The molecule has 0 amide bonds. The van der Waals surface area contributed by atoms with Crippen LogP contribution in [0.25, 0.3) is 0 Å². The Bertz CT molecular complexity index is 350. The predicted molar refractivity (Wildman–Crippen MR) is 71.2 cm³/mol. The number of hydrogen-bond donors (Lipinski definition) is 1. The molecule has 0 aromatic rings. The summed E-state index contributed by atoms with van der Waals surface area (Å²) in [6, 6.07) is 2.14. The predicted octanol–water partition coefficient (Wildman–Crippen LogP) is 2.53. The van der Waals surface area contributed by atoms with Crippen LogP contribution >= 0.6 is 0 Å². The first kappa shape index (κ1) is 14.5. The molecule has 0 radical (unpaired) electrons. The summed E-state index contributed by atoms with van der Waals surface area (Å²) in [4.78, 5) is 0. The molecule has 0 aliphatic carbocycles. The quantitative estimate of drug-likeness (QED) is 0.592. The monoisotopic (exact) mass is 265 g/mol. The van der Waals surface area contributed by atoms with Gasteiger partial charge in [0, 0.05) is 18.8 Å². The van der Waals surface area contributed by atoms with Crippen LogP contribution < -0.4 is 0 Å². The number of aliphatic hydroxyl groups is 1. The zero-order valence-corrected chi connectivity index (χ0v) is 11.5. The van der Waals surface area contributed by atoms with Crippen molar-refractivity contribution in [3.63, 3.8) is 0 Å². The molecule has 0 saturated carbocycles. The summed E-state index contributed by atoms with van der Waals surface area (Å²) < 4.78 is 11.5. The molecule has 5 atom stereocenters. The van der Waals surface area contributed by atoms with Crippen LogP contribution in [-0.2, 0) is 9.47 Å². The number of unbranched alkanes of at least 4 members (excludes halogenated alkanes) is 3. The average molecular weight is 265 g/mol. The first-order valence-electron chi connectivity index (χ1n) is 7.28. The SMILES string of the molecule is CCCCC/C=C/[C@@H]1O[C@H]2C[C@@H](O)[C@H](CC#N)[C@@H]1O2. The third-order valence-corrected chi connectivity index (χ3v) is 3.92. The van der Waals surface area contributed by atoms with E-state index >= 15 is 0 Å². The number of nitriles is 1. The number of aliphatic hydroxyl groups excluding tert-OH is 1. The van der Waals surface area contributed by atoms with Gasteiger partial charge in [0.25, 0.3) is 0 Å². The van der Waals surface area contributed by atoms with Gasteiger partial charge >= 0.3 is 0 Å². The number of ether oxygens (including phenoxy) is 2. The molecule has 4 nitrogen and oxygen atoms in total. The number of allylic oxidation sites excluding steroid dienone is 1. The van der Waals surface area contributed by atoms with Crippen molar-refractivity contribution in [2.45, 2.75) is 70.1 Å². The van der Waals surface area contributed by atoms with E-state index in [1.54, 1.807) is 0 Å². The molecular weight excluding hydrogens is 242 g/mol. The fourth-order valence-corrected chi connectivity index (χ4v) is 2.84. The van der Waals surface area contributed by atoms with Gasteiger partial charge < -0.3 is 14.6 Å². The van der Waals surface area contributed by atoms with Gasteiger partial charge in [0.2, 0.25) is 0 Å². The van der Waals surface area contributed by atoms with Crippen molar-refractivity contribution < 1.29 is 14.6 Å². The highest BCUT2D eigenvalue weighted by atomic mass is 16.7. The molecular formula is C15H23NO3. The maximum Gasteiger partial charge on any atom is 0.161 e. The molecule has 2 bridgehead atoms. The van der Waals surface area contributed by atoms with E-state index in [-0.39, 0.29) is 24.4 Å². The maximum absolute atomic E-state index is 10.0. The Morgan fingerprint density at radius 2 is 2.21 bits per heavy atom. The van der Waals surface area contributed by atoms with Crippen molar-refractivity contribution in [3.8, 4) is 6.07 Å². The van der Waals surface area contributed by atoms with E-state index in [9.17, 15) is 5.11 Å². The Hall–Kier alpha value is -0.890. The third kappa shape index (κ3) is 3.56. The number of fused-ring (bicyclic) bond motifs is 2. The van der Waals surface area contributed by atoms with Crippen LogP contribution in [-0.4, -0.2) is 29.7 Å². The van der Waals surface area contributed by atoms with Crippen LogP contribution in [0.4, 0.5) is 0 Å². The van der Waals surface area contributed by atoms with Crippen molar-refractivity contribution >= 4 is 0 Å². The van der Waals surface area contributed by atoms with Crippen LogP contribution in [0.3, 0.4) is 0 Å². The molecule has 106 valence electrons. The summed E-state index contributed by atoms with van der Waals surface area (Å²) in [6.45, 7) is 2.19. The first-order chi connectivity index (χ1) is 9.26. The van der Waals surface area contributed by atoms with E-state index in [4.69, 9.17) is 14.7 Å². The second-order valence-corrected chi connectivity index (χ2v) is 5.38. The summed E-state index contributed by atoms with van der Waals surface area (Å²) in [5, 5.41) is 18.9. The molecule has 2 saturated heterocycles. The molecule has 1 N–H and O–H groups in total. The Labute approximate surface area is 115 Å². The molecule has 0 aromatic carbocycles. The molecule has 4 heteroatoms. The fraction of sp³-hybridized carbons (Fsp3) is 0.800. The highest BCUT2D eigenvalue weighted by Crippen LogP contribution is 2.38. The Morgan fingerprint density at radius 1 is 1.37 bits per heavy atom. The number of hydrogen-bond acceptors (Lipinski definition) is 4. The minimum atomic E-state index is -0.484. The Balaban J connectivity index is 1.90. The zero-order chi connectivity index (χ0) is 13.7. The van der Waals surface area contributed by atoms with Gasteiger partial charge in [-0.2, -0.15) is 5.26 Å². The lowest BCUT2D eigenvalue weighted by Crippen LogP contribution is -2.41. The molecule has 2 heterocycles. The summed E-state index contributed by atoms with van der Waals surface area (Å²) in [6.07, 6.45) is 8.62. The van der Waals surface area contributed by atoms with E-state index in [2.05, 4.69) is 19.1 Å². The molecule has 0 spiro atoms. The maximum atomic E-state index is 10.0. The lowest BCUT2D eigenvalue weighted by Gasteiger charge is -2.31. The van der Waals surface area contributed by atoms with Gasteiger partial charge in [0.05, 0.1) is 18.3 Å². The molecule has 2 aliphatic rings. The molecule has 0 aromatic heterocycles. The van der Waals surface area contributed by atoms with Crippen molar-refractivity contribution in [3.05, 3.63) is 12.2 Å². The van der Waals surface area contributed by atoms with Gasteiger partial charge in [-0.3, -0.25) is 0 Å². The van der Waals surface area contributed by atoms with E-state index in [1.807, 2.05) is 6.08 Å². The zero-order valence-electron chi connectivity index (χ0n) is 11.5.